The van der Waals surface area contributed by atoms with E-state index in [2.05, 4.69) is 12.2 Å². The van der Waals surface area contributed by atoms with Crippen molar-refractivity contribution in [2.45, 2.75) is 57.4 Å². The number of hydrogen-bond acceptors (Lipinski definition) is 5. The number of amides is 1. The van der Waals surface area contributed by atoms with Crippen LogP contribution in [0.25, 0.3) is 0 Å². The normalized spacial score (nSPS) is 18.5. The lowest BCUT2D eigenvalue weighted by atomic mass is 9.78. The van der Waals surface area contributed by atoms with Crippen LogP contribution in [-0.4, -0.2) is 25.9 Å². The third-order valence-electron chi connectivity index (χ3n) is 7.77. The van der Waals surface area contributed by atoms with Crippen molar-refractivity contribution in [3.8, 4) is 11.5 Å². The van der Waals surface area contributed by atoms with E-state index in [9.17, 15) is 9.59 Å². The molecule has 2 unspecified atom stereocenters. The molecule has 3 aromatic rings. The summed E-state index contributed by atoms with van der Waals surface area (Å²) in [6.07, 6.45) is 4.33. The van der Waals surface area contributed by atoms with E-state index < -0.39 is 6.04 Å². The summed E-state index contributed by atoms with van der Waals surface area (Å²) in [6.45, 7) is 2.13. The molecule has 1 N–H and O–H groups in total. The number of carbonyl (C=O) groups excluding carboxylic acids is 2. The van der Waals surface area contributed by atoms with E-state index in [0.29, 0.717) is 24.8 Å². The Kier molecular flexibility index (Phi) is 8.01. The number of rotatable bonds is 8. The van der Waals surface area contributed by atoms with Crippen LogP contribution in [0.4, 0.5) is 11.4 Å². The van der Waals surface area contributed by atoms with E-state index in [1.807, 2.05) is 77.7 Å². The highest BCUT2D eigenvalue weighted by atomic mass is 16.5. The molecule has 0 fully saturated rings. The summed E-state index contributed by atoms with van der Waals surface area (Å²) in [5.41, 5.74) is 5.18. The Balaban J connectivity index is 1.63. The summed E-state index contributed by atoms with van der Waals surface area (Å²) in [5, 5.41) is 3.60. The summed E-state index contributed by atoms with van der Waals surface area (Å²) < 4.78 is 10.7. The maximum atomic E-state index is 14.1. The number of nitrogens with zero attached hydrogens (tertiary/aromatic N) is 1. The molecule has 3 aromatic carbocycles. The molecule has 1 aliphatic carbocycles. The molecule has 1 heterocycles. The van der Waals surface area contributed by atoms with Crippen molar-refractivity contribution in [1.82, 2.24) is 0 Å². The molecule has 1 aliphatic heterocycles. The van der Waals surface area contributed by atoms with Gasteiger partial charge in [0.15, 0.2) is 5.78 Å². The van der Waals surface area contributed by atoms with Crippen molar-refractivity contribution in [2.24, 2.45) is 0 Å². The Morgan fingerprint density at radius 1 is 0.872 bits per heavy atom. The number of fused-ring (bicyclic) bond motifs is 1. The Bertz CT molecular complexity index is 1360. The van der Waals surface area contributed by atoms with Crippen molar-refractivity contribution in [3.05, 3.63) is 95.2 Å². The van der Waals surface area contributed by atoms with Gasteiger partial charge >= 0.3 is 0 Å². The SMILES string of the molecule is CCCCCC(=O)N1c2ccccc2NC2=C(C(=O)CC(c3ccc(OC)cc3)C2)C1c1ccc(OC)cc1. The molecule has 39 heavy (non-hydrogen) atoms. The number of allylic oxidation sites excluding steroid dienone is 1. The van der Waals surface area contributed by atoms with Gasteiger partial charge in [-0.05, 0) is 66.3 Å². The third-order valence-corrected chi connectivity index (χ3v) is 7.77. The molecule has 0 spiro atoms. The second-order valence-electron chi connectivity index (χ2n) is 10.2. The first-order valence-electron chi connectivity index (χ1n) is 13.8. The van der Waals surface area contributed by atoms with Crippen LogP contribution < -0.4 is 19.7 Å². The molecular formula is C33H36N2O4. The number of nitrogens with one attached hydrogen (secondary N) is 1. The minimum absolute atomic E-state index is 0.0253. The number of anilines is 2. The van der Waals surface area contributed by atoms with Crippen molar-refractivity contribution < 1.29 is 19.1 Å². The summed E-state index contributed by atoms with van der Waals surface area (Å²) in [6, 6.07) is 23.0. The number of Topliss-reactive ketones (excluding diaryl/α,β-unsaturated/α-hetero) is 1. The van der Waals surface area contributed by atoms with Crippen LogP contribution in [0.5, 0.6) is 11.5 Å². The molecule has 202 valence electrons. The Hall–Kier alpha value is -4.06. The average molecular weight is 525 g/mol. The van der Waals surface area contributed by atoms with Crippen LogP contribution in [0, 0.1) is 0 Å². The molecule has 6 heteroatoms. The molecule has 0 bridgehead atoms. The minimum Gasteiger partial charge on any atom is -0.497 e. The van der Waals surface area contributed by atoms with Crippen molar-refractivity contribution in [3.63, 3.8) is 0 Å². The van der Waals surface area contributed by atoms with E-state index in [4.69, 9.17) is 9.47 Å². The van der Waals surface area contributed by atoms with Crippen molar-refractivity contribution in [1.29, 1.82) is 0 Å². The van der Waals surface area contributed by atoms with Crippen LogP contribution >= 0.6 is 0 Å². The third kappa shape index (κ3) is 5.42. The van der Waals surface area contributed by atoms with Crippen LogP contribution in [0.1, 0.15) is 68.5 Å². The lowest BCUT2D eigenvalue weighted by Crippen LogP contribution is -2.38. The number of unbranched alkanes of at least 4 members (excludes halogenated alkanes) is 2. The van der Waals surface area contributed by atoms with Gasteiger partial charge in [-0.25, -0.2) is 0 Å². The molecule has 5 rings (SSSR count). The van der Waals surface area contributed by atoms with Crippen LogP contribution in [0.2, 0.25) is 0 Å². The number of ketones is 1. The van der Waals surface area contributed by atoms with Gasteiger partial charge in [0.2, 0.25) is 5.91 Å². The molecular weight excluding hydrogens is 488 g/mol. The summed E-state index contributed by atoms with van der Waals surface area (Å²) in [7, 11) is 3.28. The van der Waals surface area contributed by atoms with Gasteiger partial charge in [-0.1, -0.05) is 56.2 Å². The number of ether oxygens (including phenoxy) is 2. The Morgan fingerprint density at radius 2 is 1.51 bits per heavy atom. The number of benzene rings is 3. The second-order valence-corrected chi connectivity index (χ2v) is 10.2. The Morgan fingerprint density at radius 3 is 2.15 bits per heavy atom. The summed E-state index contributed by atoms with van der Waals surface area (Å²) >= 11 is 0. The summed E-state index contributed by atoms with van der Waals surface area (Å²) in [5.74, 6) is 1.64. The first-order valence-corrected chi connectivity index (χ1v) is 13.8. The Labute approximate surface area is 230 Å². The fourth-order valence-electron chi connectivity index (χ4n) is 5.73. The van der Waals surface area contributed by atoms with Gasteiger partial charge in [-0.15, -0.1) is 0 Å². The highest BCUT2D eigenvalue weighted by Crippen LogP contribution is 2.47. The standard InChI is InChI=1S/C33H36N2O4/c1-4-5-6-11-31(37)35-29-10-8-7-9-27(29)34-28-20-24(22-12-16-25(38-2)17-13-22)21-30(36)32(28)33(35)23-14-18-26(39-3)19-15-23/h7-10,12-19,24,33-34H,4-6,11,20-21H2,1-3H3. The van der Waals surface area contributed by atoms with Gasteiger partial charge in [-0.3, -0.25) is 14.5 Å². The fourth-order valence-corrected chi connectivity index (χ4v) is 5.73. The zero-order chi connectivity index (χ0) is 27.4. The van der Waals surface area contributed by atoms with Gasteiger partial charge in [0.25, 0.3) is 0 Å². The highest BCUT2D eigenvalue weighted by molar-refractivity contribution is 6.06. The first-order chi connectivity index (χ1) is 19.0. The molecule has 1 amide bonds. The maximum absolute atomic E-state index is 14.1. The van der Waals surface area contributed by atoms with Gasteiger partial charge in [-0.2, -0.15) is 0 Å². The molecule has 6 nitrogen and oxygen atoms in total. The predicted octanol–water partition coefficient (Wildman–Crippen LogP) is 7.18. The number of hydrogen-bond donors (Lipinski definition) is 1. The van der Waals surface area contributed by atoms with Crippen LogP contribution in [0.15, 0.2) is 84.1 Å². The van der Waals surface area contributed by atoms with E-state index in [1.165, 1.54) is 0 Å². The van der Waals surface area contributed by atoms with E-state index in [0.717, 1.165) is 59.0 Å². The minimum atomic E-state index is -0.527. The number of methoxy groups -OCH3 is 2. The zero-order valence-electron chi connectivity index (χ0n) is 22.9. The predicted molar refractivity (Wildman–Crippen MR) is 154 cm³/mol. The van der Waals surface area contributed by atoms with Crippen LogP contribution in [0.3, 0.4) is 0 Å². The van der Waals surface area contributed by atoms with Gasteiger partial charge < -0.3 is 14.8 Å². The fraction of sp³-hybridized carbons (Fsp3) is 0.333. The lowest BCUT2D eigenvalue weighted by Gasteiger charge is -2.35. The quantitative estimate of drug-likeness (QED) is 0.316. The number of para-hydroxylation sites is 2. The summed E-state index contributed by atoms with van der Waals surface area (Å²) in [4.78, 5) is 29.9. The lowest BCUT2D eigenvalue weighted by molar-refractivity contribution is -0.119. The molecule has 0 saturated heterocycles. The van der Waals surface area contributed by atoms with E-state index >= 15 is 0 Å². The van der Waals surface area contributed by atoms with E-state index in [-0.39, 0.29) is 17.6 Å². The van der Waals surface area contributed by atoms with Crippen LogP contribution in [-0.2, 0) is 9.59 Å². The largest absolute Gasteiger partial charge is 0.497 e. The molecule has 0 saturated carbocycles. The topological polar surface area (TPSA) is 67.9 Å². The maximum Gasteiger partial charge on any atom is 0.227 e. The molecule has 2 atom stereocenters. The first kappa shape index (κ1) is 26.5. The molecule has 2 aliphatic rings. The average Bonchev–Trinajstić information content (AvgIpc) is 3.12. The number of carbonyl (C=O) groups is 2. The smallest absolute Gasteiger partial charge is 0.227 e. The van der Waals surface area contributed by atoms with Gasteiger partial charge in [0, 0.05) is 24.1 Å². The monoisotopic (exact) mass is 524 g/mol. The van der Waals surface area contributed by atoms with Gasteiger partial charge in [0.1, 0.15) is 11.5 Å². The second kappa shape index (κ2) is 11.8. The molecule has 0 radical (unpaired) electrons. The van der Waals surface area contributed by atoms with E-state index in [1.54, 1.807) is 14.2 Å². The zero-order valence-corrected chi connectivity index (χ0v) is 22.9. The van der Waals surface area contributed by atoms with Crippen molar-refractivity contribution in [2.75, 3.05) is 24.4 Å². The highest BCUT2D eigenvalue weighted by Gasteiger charge is 2.41. The van der Waals surface area contributed by atoms with Crippen molar-refractivity contribution >= 4 is 23.1 Å². The van der Waals surface area contributed by atoms with Gasteiger partial charge in [0.05, 0.1) is 31.6 Å². The molecule has 0 aromatic heterocycles.